The van der Waals surface area contributed by atoms with Crippen LogP contribution in [0.5, 0.6) is 0 Å². The Balaban J connectivity index is 0. The van der Waals surface area contributed by atoms with Crippen LogP contribution in [0.3, 0.4) is 0 Å². The van der Waals surface area contributed by atoms with Crippen molar-refractivity contribution in [3.8, 4) is 0 Å². The van der Waals surface area contributed by atoms with Crippen LogP contribution in [0, 0.1) is 23.7 Å². The van der Waals surface area contributed by atoms with E-state index in [9.17, 15) is 19.8 Å². The average Bonchev–Trinajstić information content (AvgIpc) is 3.07. The van der Waals surface area contributed by atoms with Crippen molar-refractivity contribution in [1.29, 1.82) is 0 Å². The van der Waals surface area contributed by atoms with Crippen LogP contribution in [0.15, 0.2) is 0 Å². The van der Waals surface area contributed by atoms with Gasteiger partial charge in [-0.3, -0.25) is 0 Å². The molecule has 2 aliphatic carbocycles. The van der Waals surface area contributed by atoms with Crippen LogP contribution >= 0.6 is 0 Å². The summed E-state index contributed by atoms with van der Waals surface area (Å²) in [6.45, 7) is 4.46. The van der Waals surface area contributed by atoms with Gasteiger partial charge in [0.2, 0.25) is 0 Å². The fourth-order valence-corrected chi connectivity index (χ4v) is 4.38. The predicted octanol–water partition coefficient (Wildman–Crippen LogP) is 3.07. The van der Waals surface area contributed by atoms with Crippen molar-refractivity contribution in [1.82, 2.24) is 0 Å². The van der Waals surface area contributed by atoms with Crippen LogP contribution in [0.4, 0.5) is 0 Å². The van der Waals surface area contributed by atoms with Crippen LogP contribution in [0.25, 0.3) is 0 Å². The van der Waals surface area contributed by atoms with Crippen molar-refractivity contribution in [3.63, 3.8) is 0 Å². The molecule has 0 bridgehead atoms. The molecule has 2 atom stereocenters. The molecule has 2 aliphatic rings. The Kier molecular flexibility index (Phi) is 18.6. The molecule has 27 heavy (non-hydrogen) atoms. The summed E-state index contributed by atoms with van der Waals surface area (Å²) in [5.74, 6) is 1.29. The van der Waals surface area contributed by atoms with Crippen molar-refractivity contribution >= 4 is 11.9 Å². The minimum Gasteiger partial charge on any atom is -0.550 e. The zero-order valence-corrected chi connectivity index (χ0v) is 23.5. The zero-order chi connectivity index (χ0) is 18.7. The number of hydrogen-bond acceptors (Lipinski definition) is 4. The van der Waals surface area contributed by atoms with Crippen LogP contribution < -0.4 is 10.2 Å². The summed E-state index contributed by atoms with van der Waals surface area (Å²) in [6, 6.07) is 0. The Morgan fingerprint density at radius 3 is 1.44 bits per heavy atom. The Hall–Kier alpha value is 0.187. The molecule has 0 aromatic rings. The van der Waals surface area contributed by atoms with Gasteiger partial charge >= 0.3 is 39.0 Å². The predicted molar refractivity (Wildman–Crippen MR) is 95.3 cm³/mol. The molecule has 0 aliphatic heterocycles. The van der Waals surface area contributed by atoms with Crippen LogP contribution in [-0.2, 0) is 48.5 Å². The molecule has 2 unspecified atom stereocenters. The van der Waals surface area contributed by atoms with Gasteiger partial charge in [-0.2, -0.15) is 0 Å². The molecule has 0 N–H and O–H groups in total. The van der Waals surface area contributed by atoms with E-state index in [1.54, 1.807) is 0 Å². The number of aliphatic carboxylic acids is 2. The third-order valence-corrected chi connectivity index (χ3v) is 6.28. The van der Waals surface area contributed by atoms with Crippen molar-refractivity contribution in [2.45, 2.75) is 97.3 Å². The summed E-state index contributed by atoms with van der Waals surface area (Å²) in [4.78, 5) is 20.4. The second kappa shape index (κ2) is 17.1. The number of carboxylic acids is 2. The summed E-state index contributed by atoms with van der Waals surface area (Å²) < 4.78 is 0. The summed E-state index contributed by atoms with van der Waals surface area (Å²) >= 11 is 0. The molecule has 0 saturated heterocycles. The van der Waals surface area contributed by atoms with Gasteiger partial charge in [-0.1, -0.05) is 65.2 Å². The van der Waals surface area contributed by atoms with E-state index in [2.05, 4.69) is 13.8 Å². The maximum Gasteiger partial charge on any atom is 2.00 e. The fourth-order valence-electron chi connectivity index (χ4n) is 4.38. The summed E-state index contributed by atoms with van der Waals surface area (Å²) in [5, 5.41) is 20.4. The van der Waals surface area contributed by atoms with Crippen LogP contribution in [0.2, 0.25) is 0 Å². The first-order valence-corrected chi connectivity index (χ1v) is 10.3. The molecule has 0 aromatic heterocycles. The van der Waals surface area contributed by atoms with Crippen molar-refractivity contribution in [2.24, 2.45) is 23.7 Å². The largest absolute Gasteiger partial charge is 2.00 e. The van der Waals surface area contributed by atoms with Gasteiger partial charge in [0.15, 0.2) is 0 Å². The van der Waals surface area contributed by atoms with Gasteiger partial charge in [0.05, 0.1) is 0 Å². The Morgan fingerprint density at radius 1 is 0.667 bits per heavy atom. The number of rotatable bonds is 8. The SMILES string of the molecule is CCC1CCC(CCC(=O)[O-])C1.CCC1CCC(CCC(=O)[O-])CC1.[Zn+2].[Zn+2]. The molecule has 6 heteroatoms. The number of carboxylic acid groups (broad SMARTS) is 2. The van der Waals surface area contributed by atoms with Gasteiger partial charge in [0.25, 0.3) is 0 Å². The minimum absolute atomic E-state index is 0. The van der Waals surface area contributed by atoms with Gasteiger partial charge in [0.1, 0.15) is 0 Å². The molecule has 2 fully saturated rings. The second-order valence-corrected chi connectivity index (χ2v) is 8.07. The van der Waals surface area contributed by atoms with Gasteiger partial charge in [-0.05, 0) is 55.8 Å². The van der Waals surface area contributed by atoms with Crippen LogP contribution in [0.1, 0.15) is 97.3 Å². The van der Waals surface area contributed by atoms with Gasteiger partial charge in [-0.25, -0.2) is 0 Å². The Labute approximate surface area is 191 Å². The van der Waals surface area contributed by atoms with E-state index in [1.807, 2.05) is 0 Å². The van der Waals surface area contributed by atoms with E-state index in [-0.39, 0.29) is 51.8 Å². The van der Waals surface area contributed by atoms with Gasteiger partial charge < -0.3 is 19.8 Å². The molecule has 0 heterocycles. The first-order chi connectivity index (χ1) is 11.9. The van der Waals surface area contributed by atoms with E-state index in [0.717, 1.165) is 24.7 Å². The molecule has 4 nitrogen and oxygen atoms in total. The standard InChI is InChI=1S/C11H20O2.C10H18O2.2Zn/c1-2-9-3-5-10(6-4-9)7-8-11(12)13;1-2-8-3-4-9(7-8)5-6-10(11)12;;/h9-10H,2-8H2,1H3,(H,12,13);8-9H,2-7H2,1H3,(H,11,12);;/q;;2*+2/p-2. The van der Waals surface area contributed by atoms with Crippen molar-refractivity contribution in [3.05, 3.63) is 0 Å². The van der Waals surface area contributed by atoms with Gasteiger partial charge in [0, 0.05) is 11.9 Å². The van der Waals surface area contributed by atoms with E-state index >= 15 is 0 Å². The quantitative estimate of drug-likeness (QED) is 0.498. The summed E-state index contributed by atoms with van der Waals surface area (Å²) in [6.07, 6.45) is 13.5. The van der Waals surface area contributed by atoms with Gasteiger partial charge in [-0.15, -0.1) is 0 Å². The smallest absolute Gasteiger partial charge is 0.550 e. The van der Waals surface area contributed by atoms with E-state index in [4.69, 9.17) is 0 Å². The number of hydrogen-bond donors (Lipinski definition) is 0. The normalized spacial score (nSPS) is 26.7. The monoisotopic (exact) mass is 480 g/mol. The molecule has 0 amide bonds. The first kappa shape index (κ1) is 29.4. The zero-order valence-electron chi connectivity index (χ0n) is 17.5. The Bertz CT molecular complexity index is 396. The average molecular weight is 483 g/mol. The molecule has 0 aromatic carbocycles. The van der Waals surface area contributed by atoms with Crippen molar-refractivity contribution in [2.75, 3.05) is 0 Å². The van der Waals surface area contributed by atoms with E-state index in [0.29, 0.717) is 11.8 Å². The van der Waals surface area contributed by atoms with Crippen molar-refractivity contribution < 1.29 is 58.8 Å². The Morgan fingerprint density at radius 2 is 1.04 bits per heavy atom. The first-order valence-electron chi connectivity index (χ1n) is 10.3. The molecule has 0 radical (unpaired) electrons. The molecule has 2 rings (SSSR count). The number of carbonyl (C=O) groups excluding carboxylic acids is 2. The molecule has 2 saturated carbocycles. The minimum atomic E-state index is -0.894. The summed E-state index contributed by atoms with van der Waals surface area (Å²) in [5.41, 5.74) is 0. The van der Waals surface area contributed by atoms with Crippen LogP contribution in [-0.4, -0.2) is 11.9 Å². The molecular formula is C21H36O4Zn2+2. The third kappa shape index (κ3) is 13.9. The molecular weight excluding hydrogens is 447 g/mol. The maximum absolute atomic E-state index is 10.3. The fraction of sp³-hybridized carbons (Fsp3) is 0.905. The number of carbonyl (C=O) groups is 2. The maximum atomic E-state index is 10.3. The topological polar surface area (TPSA) is 80.3 Å². The van der Waals surface area contributed by atoms with E-state index in [1.165, 1.54) is 57.8 Å². The van der Waals surface area contributed by atoms with E-state index < -0.39 is 11.9 Å². The molecule has 146 valence electrons. The third-order valence-electron chi connectivity index (χ3n) is 6.28. The summed E-state index contributed by atoms with van der Waals surface area (Å²) in [7, 11) is 0. The second-order valence-electron chi connectivity index (χ2n) is 8.07. The molecule has 0 spiro atoms.